The molecular weight excluding hydrogens is 340 g/mol. The quantitative estimate of drug-likeness (QED) is 0.895. The number of likely N-dealkylation sites (tertiary alicyclic amines) is 1. The van der Waals surface area contributed by atoms with Gasteiger partial charge in [0, 0.05) is 19.1 Å². The van der Waals surface area contributed by atoms with Gasteiger partial charge in [-0.2, -0.15) is 0 Å². The molecule has 2 rings (SSSR count). The molecule has 23 heavy (non-hydrogen) atoms. The highest BCUT2D eigenvalue weighted by atomic mass is 35.5. The van der Waals surface area contributed by atoms with E-state index >= 15 is 0 Å². The first-order valence-corrected chi connectivity index (χ1v) is 9.39. The maximum Gasteiger partial charge on any atom is 0.409 e. The summed E-state index contributed by atoms with van der Waals surface area (Å²) in [4.78, 5) is 13.3. The lowest BCUT2D eigenvalue weighted by Gasteiger charge is -2.31. The van der Waals surface area contributed by atoms with Crippen molar-refractivity contribution in [3.05, 3.63) is 28.8 Å². The minimum atomic E-state index is -3.67. The molecule has 1 heterocycles. The van der Waals surface area contributed by atoms with Gasteiger partial charge in [-0.1, -0.05) is 17.7 Å². The third-order valence-corrected chi connectivity index (χ3v) is 5.72. The summed E-state index contributed by atoms with van der Waals surface area (Å²) in [5, 5.41) is 0.210. The molecule has 0 aliphatic carbocycles. The van der Waals surface area contributed by atoms with Crippen molar-refractivity contribution in [2.45, 2.75) is 37.6 Å². The Morgan fingerprint density at radius 3 is 2.61 bits per heavy atom. The Morgan fingerprint density at radius 1 is 1.39 bits per heavy atom. The van der Waals surface area contributed by atoms with Crippen LogP contribution in [0.5, 0.6) is 0 Å². The molecule has 1 saturated heterocycles. The van der Waals surface area contributed by atoms with Gasteiger partial charge in [-0.3, -0.25) is 0 Å². The van der Waals surface area contributed by atoms with Crippen molar-refractivity contribution in [3.63, 3.8) is 0 Å². The highest BCUT2D eigenvalue weighted by molar-refractivity contribution is 7.89. The second-order valence-electron chi connectivity index (χ2n) is 5.52. The zero-order valence-corrected chi connectivity index (χ0v) is 14.8. The fourth-order valence-electron chi connectivity index (χ4n) is 2.50. The minimum absolute atomic E-state index is 0.0811. The number of rotatable bonds is 4. The minimum Gasteiger partial charge on any atom is -0.450 e. The first kappa shape index (κ1) is 18.0. The average Bonchev–Trinajstić information content (AvgIpc) is 2.47. The van der Waals surface area contributed by atoms with Crippen LogP contribution in [-0.4, -0.2) is 45.1 Å². The second kappa shape index (κ2) is 7.51. The summed E-state index contributed by atoms with van der Waals surface area (Å²) in [6.45, 7) is 4.86. The summed E-state index contributed by atoms with van der Waals surface area (Å²) in [5.74, 6) is 0. The van der Waals surface area contributed by atoms with Gasteiger partial charge >= 0.3 is 6.09 Å². The maximum atomic E-state index is 12.4. The second-order valence-corrected chi connectivity index (χ2v) is 7.61. The third kappa shape index (κ3) is 4.59. The van der Waals surface area contributed by atoms with Crippen molar-refractivity contribution in [1.29, 1.82) is 0 Å². The van der Waals surface area contributed by atoms with E-state index in [1.807, 2.05) is 6.92 Å². The molecule has 8 heteroatoms. The Balaban J connectivity index is 1.99. The maximum absolute atomic E-state index is 12.4. The zero-order chi connectivity index (χ0) is 17.0. The van der Waals surface area contributed by atoms with Crippen LogP contribution < -0.4 is 4.72 Å². The first-order chi connectivity index (χ1) is 10.8. The lowest BCUT2D eigenvalue weighted by Crippen LogP contribution is -2.46. The molecule has 1 aliphatic rings. The van der Waals surface area contributed by atoms with E-state index in [0.717, 1.165) is 5.56 Å². The van der Waals surface area contributed by atoms with Gasteiger partial charge in [0.05, 0.1) is 11.6 Å². The molecule has 1 aromatic rings. The van der Waals surface area contributed by atoms with E-state index in [9.17, 15) is 13.2 Å². The number of piperidine rings is 1. The number of carbonyl (C=O) groups excluding carboxylic acids is 1. The molecule has 0 aromatic heterocycles. The van der Waals surface area contributed by atoms with Crippen LogP contribution in [0.25, 0.3) is 0 Å². The molecule has 6 nitrogen and oxygen atoms in total. The Morgan fingerprint density at radius 2 is 2.04 bits per heavy atom. The van der Waals surface area contributed by atoms with Crippen LogP contribution in [0.3, 0.4) is 0 Å². The van der Waals surface area contributed by atoms with Crippen LogP contribution in [0, 0.1) is 6.92 Å². The number of halogens is 1. The molecule has 128 valence electrons. The average molecular weight is 361 g/mol. The van der Waals surface area contributed by atoms with Gasteiger partial charge in [0.25, 0.3) is 0 Å². The van der Waals surface area contributed by atoms with E-state index in [-0.39, 0.29) is 22.1 Å². The molecule has 0 spiro atoms. The van der Waals surface area contributed by atoms with E-state index in [4.69, 9.17) is 16.3 Å². The van der Waals surface area contributed by atoms with E-state index in [1.165, 1.54) is 6.07 Å². The number of ether oxygens (including phenoxy) is 1. The highest BCUT2D eigenvalue weighted by Gasteiger charge is 2.28. The topological polar surface area (TPSA) is 75.7 Å². The molecule has 0 saturated carbocycles. The van der Waals surface area contributed by atoms with Crippen LogP contribution in [0.2, 0.25) is 5.02 Å². The fraction of sp³-hybridized carbons (Fsp3) is 0.533. The van der Waals surface area contributed by atoms with Gasteiger partial charge < -0.3 is 9.64 Å². The number of aryl methyl sites for hydroxylation is 1. The van der Waals surface area contributed by atoms with Crippen molar-refractivity contribution in [2.75, 3.05) is 19.7 Å². The first-order valence-electron chi connectivity index (χ1n) is 7.53. The normalized spacial score (nSPS) is 16.4. The Hall–Kier alpha value is -1.31. The number of hydrogen-bond acceptors (Lipinski definition) is 4. The van der Waals surface area contributed by atoms with Gasteiger partial charge in [0.1, 0.15) is 4.90 Å². The van der Waals surface area contributed by atoms with Crippen molar-refractivity contribution in [3.8, 4) is 0 Å². The zero-order valence-electron chi connectivity index (χ0n) is 13.2. The lowest BCUT2D eigenvalue weighted by molar-refractivity contribution is 0.0966. The van der Waals surface area contributed by atoms with E-state index in [2.05, 4.69) is 4.72 Å². The van der Waals surface area contributed by atoms with Gasteiger partial charge in [-0.05, 0) is 44.4 Å². The van der Waals surface area contributed by atoms with E-state index in [0.29, 0.717) is 32.5 Å². The molecule has 0 unspecified atom stereocenters. The van der Waals surface area contributed by atoms with Crippen molar-refractivity contribution < 1.29 is 17.9 Å². The number of benzene rings is 1. The van der Waals surface area contributed by atoms with Crippen molar-refractivity contribution >= 4 is 27.7 Å². The van der Waals surface area contributed by atoms with Crippen LogP contribution in [0.1, 0.15) is 25.3 Å². The molecule has 0 radical (unpaired) electrons. The van der Waals surface area contributed by atoms with Crippen molar-refractivity contribution in [1.82, 2.24) is 9.62 Å². The Labute approximate surface area is 141 Å². The number of carbonyl (C=O) groups is 1. The highest BCUT2D eigenvalue weighted by Crippen LogP contribution is 2.23. The molecule has 0 atom stereocenters. The predicted molar refractivity (Wildman–Crippen MR) is 88.1 cm³/mol. The number of nitrogens with one attached hydrogen (secondary N) is 1. The number of sulfonamides is 1. The summed E-state index contributed by atoms with van der Waals surface area (Å²) in [6, 6.07) is 4.62. The van der Waals surface area contributed by atoms with Gasteiger partial charge in [0.2, 0.25) is 10.0 Å². The summed E-state index contributed by atoms with van der Waals surface area (Å²) in [7, 11) is -3.67. The van der Waals surface area contributed by atoms with Gasteiger partial charge in [0.15, 0.2) is 0 Å². The SMILES string of the molecule is CCOC(=O)N1CCC(NS(=O)(=O)c2ccc(C)cc2Cl)CC1. The molecule has 0 bridgehead atoms. The van der Waals surface area contributed by atoms with Crippen LogP contribution in [0.15, 0.2) is 23.1 Å². The van der Waals surface area contributed by atoms with Crippen molar-refractivity contribution in [2.24, 2.45) is 0 Å². The van der Waals surface area contributed by atoms with Gasteiger partial charge in [-0.15, -0.1) is 0 Å². The fourth-order valence-corrected chi connectivity index (χ4v) is 4.41. The summed E-state index contributed by atoms with van der Waals surface area (Å²) >= 11 is 6.04. The Bertz CT molecular complexity index is 670. The standard InChI is InChI=1S/C15H21ClN2O4S/c1-3-22-15(19)18-8-6-12(7-9-18)17-23(20,21)14-5-4-11(2)10-13(14)16/h4-5,10,12,17H,3,6-9H2,1-2H3. The molecular formula is C15H21ClN2O4S. The third-order valence-electron chi connectivity index (χ3n) is 3.72. The Kier molecular flexibility index (Phi) is 5.89. The number of hydrogen-bond donors (Lipinski definition) is 1. The molecule has 1 amide bonds. The molecule has 1 N–H and O–H groups in total. The van der Waals surface area contributed by atoms with Gasteiger partial charge in [-0.25, -0.2) is 17.9 Å². The van der Waals surface area contributed by atoms with Crippen LogP contribution in [-0.2, 0) is 14.8 Å². The number of amides is 1. The number of nitrogens with zero attached hydrogens (tertiary/aromatic N) is 1. The summed E-state index contributed by atoms with van der Waals surface area (Å²) in [6.07, 6.45) is 0.735. The summed E-state index contributed by atoms with van der Waals surface area (Å²) < 4.78 is 32.5. The monoisotopic (exact) mass is 360 g/mol. The summed E-state index contributed by atoms with van der Waals surface area (Å²) in [5.41, 5.74) is 0.900. The lowest BCUT2D eigenvalue weighted by atomic mass is 10.1. The van der Waals surface area contributed by atoms with E-state index < -0.39 is 10.0 Å². The molecule has 1 aliphatic heterocycles. The van der Waals surface area contributed by atoms with E-state index in [1.54, 1.807) is 24.0 Å². The smallest absolute Gasteiger partial charge is 0.409 e. The van der Waals surface area contributed by atoms with Crippen LogP contribution in [0.4, 0.5) is 4.79 Å². The molecule has 1 fully saturated rings. The molecule has 1 aromatic carbocycles. The van der Waals surface area contributed by atoms with Crippen LogP contribution >= 0.6 is 11.6 Å². The largest absolute Gasteiger partial charge is 0.450 e. The predicted octanol–water partition coefficient (Wildman–Crippen LogP) is 2.55.